The normalized spacial score (nSPS) is 11.0. The van der Waals surface area contributed by atoms with Crippen molar-refractivity contribution in [2.75, 3.05) is 26.8 Å². The topological polar surface area (TPSA) is 67.3 Å². The summed E-state index contributed by atoms with van der Waals surface area (Å²) in [6.07, 6.45) is 1.76. The zero-order chi connectivity index (χ0) is 20.8. The second-order valence-electron chi connectivity index (χ2n) is 6.93. The van der Waals surface area contributed by atoms with E-state index in [-0.39, 0.29) is 11.5 Å². The number of aromatic amines is 1. The number of carbonyl (C=O) groups is 1. The van der Waals surface area contributed by atoms with Crippen LogP contribution in [-0.4, -0.2) is 47.2 Å². The Bertz CT molecular complexity index is 1110. The molecule has 152 valence electrons. The Morgan fingerprint density at radius 3 is 2.66 bits per heavy atom. The van der Waals surface area contributed by atoms with Crippen LogP contribution in [0.1, 0.15) is 22.3 Å². The zero-order valence-electron chi connectivity index (χ0n) is 16.7. The number of fused-ring (bicyclic) bond motifs is 1. The average molecular weight is 412 g/mol. The van der Waals surface area contributed by atoms with Gasteiger partial charge in [0, 0.05) is 32.8 Å². The first-order valence-corrected chi connectivity index (χ1v) is 9.97. The maximum absolute atomic E-state index is 13.1. The summed E-state index contributed by atoms with van der Waals surface area (Å²) >= 11 is 5.19. The van der Waals surface area contributed by atoms with Gasteiger partial charge in [0.15, 0.2) is 4.77 Å². The summed E-state index contributed by atoms with van der Waals surface area (Å²) in [4.78, 5) is 30.3. The minimum atomic E-state index is -0.179. The van der Waals surface area contributed by atoms with Crippen LogP contribution >= 0.6 is 12.2 Å². The molecule has 0 fully saturated rings. The summed E-state index contributed by atoms with van der Waals surface area (Å²) < 4.78 is 6.89. The third kappa shape index (κ3) is 4.99. The van der Waals surface area contributed by atoms with Crippen molar-refractivity contribution in [3.63, 3.8) is 0 Å². The quantitative estimate of drug-likeness (QED) is 0.578. The molecule has 0 aliphatic carbocycles. The minimum absolute atomic E-state index is 0.0861. The highest BCUT2D eigenvalue weighted by molar-refractivity contribution is 7.71. The van der Waals surface area contributed by atoms with Gasteiger partial charge in [-0.25, -0.2) is 0 Å². The van der Waals surface area contributed by atoms with E-state index in [0.717, 1.165) is 12.8 Å². The number of amides is 1. The molecule has 3 rings (SSSR count). The molecule has 1 aromatic heterocycles. The van der Waals surface area contributed by atoms with Gasteiger partial charge in [-0.3, -0.25) is 14.2 Å². The molecule has 29 heavy (non-hydrogen) atoms. The fourth-order valence-corrected chi connectivity index (χ4v) is 3.45. The number of aryl methyl sites for hydroxylation is 1. The lowest BCUT2D eigenvalue weighted by Crippen LogP contribution is -2.35. The molecule has 1 heterocycles. The second-order valence-corrected chi connectivity index (χ2v) is 7.32. The zero-order valence-corrected chi connectivity index (χ0v) is 17.5. The maximum atomic E-state index is 13.1. The Morgan fingerprint density at radius 1 is 1.17 bits per heavy atom. The van der Waals surface area contributed by atoms with Gasteiger partial charge in [-0.2, -0.15) is 0 Å². The molecule has 0 aliphatic rings. The largest absolute Gasteiger partial charge is 0.383 e. The van der Waals surface area contributed by atoms with Crippen LogP contribution in [-0.2, 0) is 18.2 Å². The molecule has 0 unspecified atom stereocenters. The van der Waals surface area contributed by atoms with Gasteiger partial charge in [-0.05, 0) is 48.8 Å². The molecule has 0 radical (unpaired) electrons. The van der Waals surface area contributed by atoms with Gasteiger partial charge in [0.05, 0.1) is 17.5 Å². The van der Waals surface area contributed by atoms with E-state index in [9.17, 15) is 9.59 Å². The number of hydrogen-bond acceptors (Lipinski definition) is 4. The monoisotopic (exact) mass is 411 g/mol. The number of hydrogen-bond donors (Lipinski definition) is 1. The van der Waals surface area contributed by atoms with Gasteiger partial charge in [-0.15, -0.1) is 0 Å². The van der Waals surface area contributed by atoms with Crippen LogP contribution in [0.15, 0.2) is 53.3 Å². The van der Waals surface area contributed by atoms with Crippen molar-refractivity contribution in [2.24, 2.45) is 7.05 Å². The number of nitrogens with zero attached hydrogens (tertiary/aromatic N) is 2. The first-order valence-electron chi connectivity index (χ1n) is 9.56. The molecule has 6 nitrogen and oxygen atoms in total. The number of aromatic nitrogens is 2. The molecule has 0 atom stereocenters. The minimum Gasteiger partial charge on any atom is -0.383 e. The maximum Gasteiger partial charge on any atom is 0.261 e. The van der Waals surface area contributed by atoms with E-state index in [1.54, 1.807) is 37.3 Å². The lowest BCUT2D eigenvalue weighted by molar-refractivity contribution is 0.0693. The van der Waals surface area contributed by atoms with Gasteiger partial charge in [-0.1, -0.05) is 30.3 Å². The van der Waals surface area contributed by atoms with Crippen molar-refractivity contribution in [3.8, 4) is 0 Å². The number of carbonyl (C=O) groups excluding carboxylic acids is 1. The van der Waals surface area contributed by atoms with E-state index in [0.29, 0.717) is 40.9 Å². The molecule has 0 aliphatic heterocycles. The summed E-state index contributed by atoms with van der Waals surface area (Å²) in [7, 11) is 3.25. The molecule has 0 bridgehead atoms. The second kappa shape index (κ2) is 9.62. The third-order valence-electron chi connectivity index (χ3n) is 4.94. The lowest BCUT2D eigenvalue weighted by atomic mass is 10.1. The number of methoxy groups -OCH3 is 1. The molecule has 3 aromatic rings. The molecular formula is C22H25N3O3S. The highest BCUT2D eigenvalue weighted by atomic mass is 32.1. The highest BCUT2D eigenvalue weighted by Crippen LogP contribution is 2.14. The number of H-pyrrole nitrogens is 1. The Morgan fingerprint density at radius 2 is 1.93 bits per heavy atom. The van der Waals surface area contributed by atoms with Crippen LogP contribution in [0.3, 0.4) is 0 Å². The van der Waals surface area contributed by atoms with Gasteiger partial charge >= 0.3 is 0 Å². The summed E-state index contributed by atoms with van der Waals surface area (Å²) in [6.45, 7) is 1.60. The van der Waals surface area contributed by atoms with Crippen LogP contribution in [0.4, 0.5) is 0 Å². The van der Waals surface area contributed by atoms with E-state index in [2.05, 4.69) is 17.1 Å². The predicted octanol–water partition coefficient (Wildman–Crippen LogP) is 3.32. The smallest absolute Gasteiger partial charge is 0.261 e. The third-order valence-corrected chi connectivity index (χ3v) is 5.31. The van der Waals surface area contributed by atoms with Crippen molar-refractivity contribution in [2.45, 2.75) is 12.8 Å². The van der Waals surface area contributed by atoms with Crippen molar-refractivity contribution in [3.05, 3.63) is 74.8 Å². The standard InChI is InChI=1S/C22H25N3O3S/c1-24-21(27)18-11-10-17(15-19(18)23-22(24)29)20(26)25(13-14-28-2)12-6-9-16-7-4-3-5-8-16/h3-5,7-8,10-11,15H,6,9,12-14H2,1-2H3,(H,23,29). The molecular weight excluding hydrogens is 386 g/mol. The summed E-state index contributed by atoms with van der Waals surface area (Å²) in [5.74, 6) is -0.0861. The van der Waals surface area contributed by atoms with Crippen LogP contribution in [0.25, 0.3) is 10.9 Å². The average Bonchev–Trinajstić information content (AvgIpc) is 2.74. The number of benzene rings is 2. The fraction of sp³-hybridized carbons (Fsp3) is 0.318. The summed E-state index contributed by atoms with van der Waals surface area (Å²) in [5, 5.41) is 0.505. The Balaban J connectivity index is 1.80. The molecule has 1 N–H and O–H groups in total. The van der Waals surface area contributed by atoms with Gasteiger partial charge in [0.25, 0.3) is 11.5 Å². The van der Waals surface area contributed by atoms with Gasteiger partial charge < -0.3 is 14.6 Å². The van der Waals surface area contributed by atoms with Gasteiger partial charge in [0.1, 0.15) is 0 Å². The molecule has 2 aromatic carbocycles. The molecule has 0 saturated heterocycles. The fourth-order valence-electron chi connectivity index (χ4n) is 3.26. The van der Waals surface area contributed by atoms with E-state index >= 15 is 0 Å². The van der Waals surface area contributed by atoms with E-state index in [1.807, 2.05) is 18.2 Å². The van der Waals surface area contributed by atoms with Crippen LogP contribution in [0.2, 0.25) is 0 Å². The van der Waals surface area contributed by atoms with E-state index in [1.165, 1.54) is 10.1 Å². The van der Waals surface area contributed by atoms with Gasteiger partial charge in [0.2, 0.25) is 0 Å². The Hall–Kier alpha value is -2.77. The summed E-state index contributed by atoms with van der Waals surface area (Å²) in [6, 6.07) is 15.3. The van der Waals surface area contributed by atoms with E-state index in [4.69, 9.17) is 17.0 Å². The molecule has 7 heteroatoms. The van der Waals surface area contributed by atoms with Crippen molar-refractivity contribution < 1.29 is 9.53 Å². The molecule has 1 amide bonds. The Kier molecular flexibility index (Phi) is 6.95. The van der Waals surface area contributed by atoms with Crippen molar-refractivity contribution in [1.29, 1.82) is 0 Å². The SMILES string of the molecule is COCCN(CCCc1ccccc1)C(=O)c1ccc2c(=O)n(C)c(=S)[nH]c2c1. The number of rotatable bonds is 8. The van der Waals surface area contributed by atoms with E-state index < -0.39 is 0 Å². The predicted molar refractivity (Wildman–Crippen MR) is 117 cm³/mol. The first kappa shape index (κ1) is 21.0. The first-order chi connectivity index (χ1) is 14.0. The van der Waals surface area contributed by atoms with Crippen LogP contribution < -0.4 is 5.56 Å². The Labute approximate surface area is 174 Å². The van der Waals surface area contributed by atoms with Crippen LogP contribution in [0, 0.1) is 4.77 Å². The summed E-state index contributed by atoms with van der Waals surface area (Å²) in [5.41, 5.74) is 2.16. The number of nitrogens with one attached hydrogen (secondary N) is 1. The molecule has 0 spiro atoms. The van der Waals surface area contributed by atoms with Crippen LogP contribution in [0.5, 0.6) is 0 Å². The van der Waals surface area contributed by atoms with Crippen molar-refractivity contribution >= 4 is 29.0 Å². The lowest BCUT2D eigenvalue weighted by Gasteiger charge is -2.22. The molecule has 0 saturated carbocycles. The number of ether oxygens (including phenoxy) is 1. The highest BCUT2D eigenvalue weighted by Gasteiger charge is 2.16. The van der Waals surface area contributed by atoms with Crippen molar-refractivity contribution in [1.82, 2.24) is 14.5 Å².